The number of fused-ring (bicyclic) bond motifs is 7. The van der Waals surface area contributed by atoms with E-state index in [-0.39, 0.29) is 65.8 Å². The molecule has 5 heterocycles. The van der Waals surface area contributed by atoms with Crippen molar-refractivity contribution in [2.75, 3.05) is 33.0 Å². The molecule has 3 saturated carbocycles. The molecule has 1 unspecified atom stereocenters. The molecule has 0 bridgehead atoms. The lowest BCUT2D eigenvalue weighted by atomic mass is 9.46. The van der Waals surface area contributed by atoms with E-state index in [1.165, 1.54) is 0 Å². The van der Waals surface area contributed by atoms with Crippen LogP contribution in [-0.2, 0) is 47.4 Å². The summed E-state index contributed by atoms with van der Waals surface area (Å²) in [6.07, 6.45) is -27.3. The Hall–Kier alpha value is -1.55. The number of carbonyl (C=O) groups is 1. The van der Waals surface area contributed by atoms with Crippen LogP contribution in [0.25, 0.3) is 0 Å². The van der Waals surface area contributed by atoms with Gasteiger partial charge in [-0.15, -0.1) is 0 Å². The first-order valence-electron chi connectivity index (χ1n) is 27.0. The highest BCUT2D eigenvalue weighted by atomic mass is 16.8. The Balaban J connectivity index is 0.810. The van der Waals surface area contributed by atoms with Crippen molar-refractivity contribution in [1.82, 2.24) is 0 Å². The van der Waals surface area contributed by atoms with Crippen LogP contribution in [0, 0.1) is 46.3 Å². The zero-order chi connectivity index (χ0) is 55.1. The van der Waals surface area contributed by atoms with E-state index in [1.54, 1.807) is 0 Å². The summed E-state index contributed by atoms with van der Waals surface area (Å²) in [6, 6.07) is 0. The van der Waals surface area contributed by atoms with Gasteiger partial charge in [-0.05, 0) is 67.6 Å². The van der Waals surface area contributed by atoms with E-state index >= 15 is 0 Å². The summed E-state index contributed by atoms with van der Waals surface area (Å²) in [7, 11) is 0. The number of aliphatic hydroxyl groups is 15. The van der Waals surface area contributed by atoms with Crippen LogP contribution in [0.5, 0.6) is 0 Å². The van der Waals surface area contributed by atoms with Gasteiger partial charge < -0.3 is 119 Å². The van der Waals surface area contributed by atoms with Gasteiger partial charge >= 0.3 is 0 Å². The lowest BCUT2D eigenvalue weighted by Crippen LogP contribution is -2.67. The normalized spacial score (nSPS) is 53.8. The molecule has 0 spiro atoms. The topological polar surface area (TPSA) is 404 Å². The van der Waals surface area contributed by atoms with Gasteiger partial charge in [0.1, 0.15) is 103 Å². The molecule has 5 saturated heterocycles. The fourth-order valence-electron chi connectivity index (χ4n) is 14.7. The van der Waals surface area contributed by atoms with E-state index in [0.29, 0.717) is 44.9 Å². The number of ketones is 1. The van der Waals surface area contributed by atoms with Crippen LogP contribution >= 0.6 is 0 Å². The van der Waals surface area contributed by atoms with E-state index in [9.17, 15) is 81.4 Å². The van der Waals surface area contributed by atoms with Gasteiger partial charge in [-0.2, -0.15) is 0 Å². The molecule has 4 aliphatic carbocycles. The first-order chi connectivity index (χ1) is 35.9. The third-order valence-corrected chi connectivity index (χ3v) is 19.4. The van der Waals surface area contributed by atoms with Crippen molar-refractivity contribution in [3.8, 4) is 0 Å². The highest BCUT2D eigenvalue weighted by molar-refractivity contribution is 5.87. The Labute approximate surface area is 439 Å². The molecule has 31 atom stereocenters. The summed E-state index contributed by atoms with van der Waals surface area (Å²) < 4.78 is 53.1. The Morgan fingerprint density at radius 2 is 1.17 bits per heavy atom. The van der Waals surface area contributed by atoms with Gasteiger partial charge in [-0.3, -0.25) is 4.79 Å². The number of rotatable bonds is 16. The van der Waals surface area contributed by atoms with Gasteiger partial charge in [0.2, 0.25) is 0 Å². The monoisotopic (exact) mass is 1090 g/mol. The molecule has 0 aromatic rings. The molecule has 5 aliphatic heterocycles. The molecule has 76 heavy (non-hydrogen) atoms. The molecule has 436 valence electrons. The van der Waals surface area contributed by atoms with Crippen molar-refractivity contribution in [3.05, 3.63) is 11.6 Å². The maximum Gasteiger partial charge on any atom is 0.187 e. The van der Waals surface area contributed by atoms with Crippen molar-refractivity contribution >= 4 is 5.78 Å². The molecule has 25 nitrogen and oxygen atoms in total. The Morgan fingerprint density at radius 3 is 1.80 bits per heavy atom. The second kappa shape index (κ2) is 23.0. The highest BCUT2D eigenvalue weighted by Gasteiger charge is 2.71. The molecule has 15 N–H and O–H groups in total. The summed E-state index contributed by atoms with van der Waals surface area (Å²) in [6.45, 7) is 5.20. The molecule has 0 radical (unpaired) electrons. The van der Waals surface area contributed by atoms with E-state index in [1.807, 2.05) is 20.8 Å². The molecular formula is C51H82O25. The smallest absolute Gasteiger partial charge is 0.187 e. The van der Waals surface area contributed by atoms with E-state index in [4.69, 9.17) is 42.6 Å². The van der Waals surface area contributed by atoms with Crippen LogP contribution in [0.1, 0.15) is 79.1 Å². The molecular weight excluding hydrogens is 1010 g/mol. The SMILES string of the molecule is C[C@@H](CCC1(O)O[C@H]2C[C@H]3[C@@H]4CC=C5C[C@@H](O[C@@H]6O[C@H](CO)[C@H](O[C@@H]7O[C@H](CO)[C@@H](O)[C@H](O)[C@H]7O[C@@H]7O[C@H](CO)[C@@H](O)[C@H](O)[C@H]7O)[C@H](O)[C@H]6O)CC[C@]5(C)[C@H]4CC(=O)[C@]3(C)[C@H]2[C@@H]1C)CO[C@@H]1O[C@H](CO)[C@@H](O)[C@H](O)[C@H]1O. The maximum absolute atomic E-state index is 14.7. The molecule has 0 amide bonds. The second-order valence-corrected chi connectivity index (χ2v) is 23.7. The minimum absolute atomic E-state index is 0.00416. The minimum Gasteiger partial charge on any atom is -0.394 e. The van der Waals surface area contributed by atoms with Gasteiger partial charge in [0.25, 0.3) is 0 Å². The lowest BCUT2D eigenvalue weighted by Gasteiger charge is -2.57. The summed E-state index contributed by atoms with van der Waals surface area (Å²) in [5.41, 5.74) is 0.00157. The van der Waals surface area contributed by atoms with Crippen LogP contribution in [-0.4, -0.2) is 256 Å². The summed E-state index contributed by atoms with van der Waals surface area (Å²) in [5.74, 6) is -1.91. The number of carbonyl (C=O) groups excluding carboxylic acids is 1. The van der Waals surface area contributed by atoms with Crippen molar-refractivity contribution in [3.63, 3.8) is 0 Å². The molecule has 25 heteroatoms. The van der Waals surface area contributed by atoms with Crippen LogP contribution in [0.2, 0.25) is 0 Å². The van der Waals surface area contributed by atoms with E-state index in [2.05, 4.69) is 13.0 Å². The first kappa shape index (κ1) is 59.1. The Kier molecular flexibility index (Phi) is 17.9. The zero-order valence-corrected chi connectivity index (χ0v) is 43.2. The van der Waals surface area contributed by atoms with Crippen molar-refractivity contribution < 1.29 is 124 Å². The van der Waals surface area contributed by atoms with Crippen molar-refractivity contribution in [2.45, 2.75) is 220 Å². The van der Waals surface area contributed by atoms with Gasteiger partial charge in [0, 0.05) is 30.1 Å². The van der Waals surface area contributed by atoms with Crippen LogP contribution in [0.4, 0.5) is 0 Å². The van der Waals surface area contributed by atoms with Gasteiger partial charge in [0.15, 0.2) is 30.9 Å². The Morgan fingerprint density at radius 1 is 0.645 bits per heavy atom. The molecule has 0 aromatic carbocycles. The quantitative estimate of drug-likeness (QED) is 0.0645. The van der Waals surface area contributed by atoms with Crippen molar-refractivity contribution in [2.24, 2.45) is 46.3 Å². The molecule has 9 rings (SSSR count). The fourth-order valence-corrected chi connectivity index (χ4v) is 14.7. The molecule has 9 aliphatic rings. The highest BCUT2D eigenvalue weighted by Crippen LogP contribution is 2.69. The molecule has 8 fully saturated rings. The van der Waals surface area contributed by atoms with Gasteiger partial charge in [-0.1, -0.05) is 39.3 Å². The molecule has 0 aromatic heterocycles. The second-order valence-electron chi connectivity index (χ2n) is 23.7. The summed E-state index contributed by atoms with van der Waals surface area (Å²) in [5, 5.41) is 159. The number of Topliss-reactive ketones (excluding diaryl/α,β-unsaturated/α-hetero) is 1. The number of hydrogen-bond acceptors (Lipinski definition) is 25. The number of ether oxygens (including phenoxy) is 9. The first-order valence-corrected chi connectivity index (χ1v) is 27.0. The van der Waals surface area contributed by atoms with Crippen molar-refractivity contribution in [1.29, 1.82) is 0 Å². The van der Waals surface area contributed by atoms with Gasteiger partial charge in [0.05, 0.1) is 45.2 Å². The zero-order valence-electron chi connectivity index (χ0n) is 43.2. The standard InChI is InChI=1S/C51H82O25/c1-19(18-68-45-40(64)36(60)33(57)27(14-52)70-45)7-10-51(67)20(2)32-26(76-51)12-25-23-6-5-21-11-22(8-9-49(21,3)24(23)13-31(56)50(25,32)4)69-46-42(66)39(63)43(30(17-55)73-46)74-48-44(38(62)35(59)29(16-54)72-48)75-47-41(65)37(61)34(58)28(15-53)71-47/h5,19-20,22-30,32-48,52-55,57-67H,6-18H2,1-4H3/t19-,20-,22-,23+,24-,25-,26-,27+,28+,29+,30+,32-,33+,34+,35+,36-,37-,38-,39+,40+,41+,42+,43-,44+,45+,46+,47-,48-,49-,50+,51?/m0/s1. The minimum atomic E-state index is -1.94. The fraction of sp³-hybridized carbons (Fsp3) is 0.941. The van der Waals surface area contributed by atoms with Crippen LogP contribution in [0.3, 0.4) is 0 Å². The van der Waals surface area contributed by atoms with Gasteiger partial charge in [-0.25, -0.2) is 0 Å². The van der Waals surface area contributed by atoms with Crippen LogP contribution in [0.15, 0.2) is 11.6 Å². The predicted octanol–water partition coefficient (Wildman–Crippen LogP) is -4.86. The average Bonchev–Trinajstić information content (AvgIpc) is 3.85. The largest absolute Gasteiger partial charge is 0.394 e. The maximum atomic E-state index is 14.7. The number of hydrogen-bond donors (Lipinski definition) is 15. The van der Waals surface area contributed by atoms with E-state index in [0.717, 1.165) is 5.57 Å². The third kappa shape index (κ3) is 10.3. The number of allylic oxidation sites excluding steroid dienone is 1. The summed E-state index contributed by atoms with van der Waals surface area (Å²) in [4.78, 5) is 14.7. The summed E-state index contributed by atoms with van der Waals surface area (Å²) >= 11 is 0. The average molecular weight is 1100 g/mol. The lowest BCUT2D eigenvalue weighted by molar-refractivity contribution is -0.390. The number of aliphatic hydroxyl groups excluding tert-OH is 14. The van der Waals surface area contributed by atoms with E-state index < -0.39 is 167 Å². The van der Waals surface area contributed by atoms with Crippen LogP contribution < -0.4 is 0 Å². The predicted molar refractivity (Wildman–Crippen MR) is 252 cm³/mol. The third-order valence-electron chi connectivity index (χ3n) is 19.4. The Bertz CT molecular complexity index is 2020.